The Morgan fingerprint density at radius 3 is 2.50 bits per heavy atom. The third-order valence-electron chi connectivity index (χ3n) is 4.68. The lowest BCUT2D eigenvalue weighted by Crippen LogP contribution is -2.12. The summed E-state index contributed by atoms with van der Waals surface area (Å²) in [4.78, 5) is 27.7. The molecule has 0 saturated heterocycles. The summed E-state index contributed by atoms with van der Waals surface area (Å²) in [6, 6.07) is 14.1. The number of nitrogens with one attached hydrogen (secondary N) is 1. The van der Waals surface area contributed by atoms with Crippen LogP contribution < -0.4 is 14.8 Å². The van der Waals surface area contributed by atoms with Crippen LogP contribution in [0.5, 0.6) is 11.5 Å². The summed E-state index contributed by atoms with van der Waals surface area (Å²) in [7, 11) is 2.85. The third-order valence-corrected chi connectivity index (χ3v) is 4.98. The molecule has 9 nitrogen and oxygen atoms in total. The topological polar surface area (TPSA) is 117 Å². The van der Waals surface area contributed by atoms with Crippen molar-refractivity contribution in [2.45, 2.75) is 0 Å². The molecule has 1 heterocycles. The van der Waals surface area contributed by atoms with Crippen LogP contribution in [0.25, 0.3) is 22.6 Å². The fraction of sp³-hybridized carbons (Fsp3) is 0.0909. The smallest absolute Gasteiger partial charge is 0.311 e. The van der Waals surface area contributed by atoms with E-state index in [-0.39, 0.29) is 17.0 Å². The van der Waals surface area contributed by atoms with E-state index in [1.807, 2.05) is 0 Å². The van der Waals surface area contributed by atoms with Gasteiger partial charge in [0.25, 0.3) is 5.91 Å². The maximum atomic E-state index is 12.6. The molecule has 1 N–H and O–H groups in total. The molecule has 0 unspecified atom stereocenters. The van der Waals surface area contributed by atoms with E-state index in [0.717, 1.165) is 6.07 Å². The molecule has 1 amide bonds. The molecule has 4 rings (SSSR count). The Labute approximate surface area is 186 Å². The number of carbonyl (C=O) groups is 1. The zero-order valence-corrected chi connectivity index (χ0v) is 17.7. The quantitative estimate of drug-likeness (QED) is 0.310. The van der Waals surface area contributed by atoms with E-state index < -0.39 is 10.8 Å². The Bertz CT molecular complexity index is 1350. The third kappa shape index (κ3) is 4.06. The van der Waals surface area contributed by atoms with Gasteiger partial charge < -0.3 is 19.2 Å². The Morgan fingerprint density at radius 1 is 1.06 bits per heavy atom. The number of carbonyl (C=O) groups excluding carboxylic acids is 1. The predicted molar refractivity (Wildman–Crippen MR) is 119 cm³/mol. The standard InChI is InChI=1S/C22H16ClN3O6/c1-30-18-6-4-13(9-15(18)23)22-25-16-11-14(5-8-19(16)32-22)24-21(27)12-3-7-20(31-2)17(10-12)26(28)29/h3-11H,1-2H3,(H,24,27). The molecule has 0 saturated carbocycles. The van der Waals surface area contributed by atoms with E-state index in [1.54, 1.807) is 36.4 Å². The maximum absolute atomic E-state index is 12.6. The molecule has 10 heteroatoms. The lowest BCUT2D eigenvalue weighted by molar-refractivity contribution is -0.385. The van der Waals surface area contributed by atoms with E-state index in [2.05, 4.69) is 10.3 Å². The summed E-state index contributed by atoms with van der Waals surface area (Å²) in [5.74, 6) is 0.455. The molecule has 1 aromatic heterocycles. The molecule has 0 aliphatic heterocycles. The number of anilines is 1. The second kappa shape index (κ2) is 8.56. The number of amides is 1. The van der Waals surface area contributed by atoms with Crippen LogP contribution in [-0.4, -0.2) is 30.0 Å². The number of nitro groups is 1. The van der Waals surface area contributed by atoms with Gasteiger partial charge in [0.15, 0.2) is 11.3 Å². The van der Waals surface area contributed by atoms with Gasteiger partial charge in [-0.1, -0.05) is 11.6 Å². The number of fused-ring (bicyclic) bond motifs is 1. The summed E-state index contributed by atoms with van der Waals surface area (Å²) in [6.07, 6.45) is 0. The Hall–Kier alpha value is -4.11. The lowest BCUT2D eigenvalue weighted by atomic mass is 10.1. The first-order valence-corrected chi connectivity index (χ1v) is 9.65. The molecule has 0 spiro atoms. The van der Waals surface area contributed by atoms with Crippen molar-refractivity contribution in [3.05, 3.63) is 75.3 Å². The lowest BCUT2D eigenvalue weighted by Gasteiger charge is -2.06. The zero-order valence-electron chi connectivity index (χ0n) is 16.9. The molecular formula is C22H16ClN3O6. The van der Waals surface area contributed by atoms with E-state index in [0.29, 0.717) is 39.0 Å². The number of oxazole rings is 1. The highest BCUT2D eigenvalue weighted by Gasteiger charge is 2.19. The molecule has 162 valence electrons. The van der Waals surface area contributed by atoms with Gasteiger partial charge in [0, 0.05) is 22.9 Å². The van der Waals surface area contributed by atoms with Crippen LogP contribution in [0, 0.1) is 10.1 Å². The molecule has 0 radical (unpaired) electrons. The highest BCUT2D eigenvalue weighted by atomic mass is 35.5. The van der Waals surface area contributed by atoms with Crippen molar-refractivity contribution in [2.75, 3.05) is 19.5 Å². The number of rotatable bonds is 6. The number of hydrogen-bond donors (Lipinski definition) is 1. The fourth-order valence-electron chi connectivity index (χ4n) is 3.11. The minimum absolute atomic E-state index is 0.0710. The predicted octanol–water partition coefficient (Wildman–Crippen LogP) is 5.33. The van der Waals surface area contributed by atoms with Gasteiger partial charge in [-0.3, -0.25) is 14.9 Å². The fourth-order valence-corrected chi connectivity index (χ4v) is 3.36. The number of benzene rings is 3. The molecule has 3 aromatic carbocycles. The first-order chi connectivity index (χ1) is 15.4. The van der Waals surface area contributed by atoms with Crippen molar-refractivity contribution in [1.82, 2.24) is 4.98 Å². The summed E-state index contributed by atoms with van der Waals surface area (Å²) in [6.45, 7) is 0. The minimum atomic E-state index is -0.607. The second-order valence-corrected chi connectivity index (χ2v) is 7.06. The van der Waals surface area contributed by atoms with Gasteiger partial charge in [-0.05, 0) is 48.5 Å². The number of halogens is 1. The Kier molecular flexibility index (Phi) is 5.65. The van der Waals surface area contributed by atoms with Crippen LogP contribution >= 0.6 is 11.6 Å². The van der Waals surface area contributed by atoms with E-state index in [9.17, 15) is 14.9 Å². The second-order valence-electron chi connectivity index (χ2n) is 6.65. The van der Waals surface area contributed by atoms with Crippen molar-refractivity contribution < 1.29 is 23.6 Å². The summed E-state index contributed by atoms with van der Waals surface area (Å²) >= 11 is 6.18. The number of hydrogen-bond acceptors (Lipinski definition) is 7. The molecule has 0 bridgehead atoms. The number of nitrogens with zero attached hydrogens (tertiary/aromatic N) is 2. The highest BCUT2D eigenvalue weighted by Crippen LogP contribution is 2.32. The van der Waals surface area contributed by atoms with Crippen molar-refractivity contribution in [2.24, 2.45) is 0 Å². The molecule has 0 atom stereocenters. The number of aromatic nitrogens is 1. The van der Waals surface area contributed by atoms with Crippen molar-refractivity contribution in [3.8, 4) is 23.0 Å². The summed E-state index contributed by atoms with van der Waals surface area (Å²) in [5.41, 5.74) is 1.98. The molecule has 4 aromatic rings. The first kappa shape index (κ1) is 21.1. The molecule has 0 fully saturated rings. The number of methoxy groups -OCH3 is 2. The number of nitro benzene ring substituents is 1. The van der Waals surface area contributed by atoms with E-state index in [1.165, 1.54) is 26.4 Å². The van der Waals surface area contributed by atoms with Gasteiger partial charge >= 0.3 is 5.69 Å². The molecule has 32 heavy (non-hydrogen) atoms. The van der Waals surface area contributed by atoms with E-state index in [4.69, 9.17) is 25.5 Å². The highest BCUT2D eigenvalue weighted by molar-refractivity contribution is 6.32. The molecule has 0 aliphatic rings. The average Bonchev–Trinajstić information content (AvgIpc) is 3.22. The van der Waals surface area contributed by atoms with Gasteiger partial charge in [-0.15, -0.1) is 0 Å². The first-order valence-electron chi connectivity index (χ1n) is 9.28. The van der Waals surface area contributed by atoms with Crippen molar-refractivity contribution >= 4 is 40.0 Å². The van der Waals surface area contributed by atoms with Gasteiger partial charge in [-0.25, -0.2) is 4.98 Å². The zero-order chi connectivity index (χ0) is 22.8. The monoisotopic (exact) mass is 453 g/mol. The minimum Gasteiger partial charge on any atom is -0.495 e. The summed E-state index contributed by atoms with van der Waals surface area (Å²) < 4.78 is 15.9. The molecular weight excluding hydrogens is 438 g/mol. The normalized spacial score (nSPS) is 10.7. The van der Waals surface area contributed by atoms with Crippen molar-refractivity contribution in [1.29, 1.82) is 0 Å². The Morgan fingerprint density at radius 2 is 1.81 bits per heavy atom. The van der Waals surface area contributed by atoms with Gasteiger partial charge in [0.05, 0.1) is 24.2 Å². The summed E-state index contributed by atoms with van der Waals surface area (Å²) in [5, 5.41) is 14.3. The van der Waals surface area contributed by atoms with Gasteiger partial charge in [0.1, 0.15) is 11.3 Å². The molecule has 0 aliphatic carbocycles. The van der Waals surface area contributed by atoms with Gasteiger partial charge in [-0.2, -0.15) is 0 Å². The number of ether oxygens (including phenoxy) is 2. The maximum Gasteiger partial charge on any atom is 0.311 e. The van der Waals surface area contributed by atoms with E-state index >= 15 is 0 Å². The van der Waals surface area contributed by atoms with Crippen LogP contribution in [0.2, 0.25) is 5.02 Å². The largest absolute Gasteiger partial charge is 0.495 e. The SMILES string of the molecule is COc1ccc(-c2nc3cc(NC(=O)c4ccc(OC)c([N+](=O)[O-])c4)ccc3o2)cc1Cl. The van der Waals surface area contributed by atoms with Crippen LogP contribution in [0.1, 0.15) is 10.4 Å². The average molecular weight is 454 g/mol. The van der Waals surface area contributed by atoms with Crippen LogP contribution in [0.15, 0.2) is 59.0 Å². The Balaban J connectivity index is 1.59. The van der Waals surface area contributed by atoms with Crippen molar-refractivity contribution in [3.63, 3.8) is 0 Å². The van der Waals surface area contributed by atoms with Crippen LogP contribution in [0.4, 0.5) is 11.4 Å². The van der Waals surface area contributed by atoms with Crippen LogP contribution in [-0.2, 0) is 0 Å². The van der Waals surface area contributed by atoms with Crippen LogP contribution in [0.3, 0.4) is 0 Å². The van der Waals surface area contributed by atoms with Gasteiger partial charge in [0.2, 0.25) is 5.89 Å².